The molecule has 1 saturated carbocycles. The van der Waals surface area contributed by atoms with Crippen molar-refractivity contribution in [3.05, 3.63) is 18.1 Å². The van der Waals surface area contributed by atoms with E-state index in [1.807, 2.05) is 6.07 Å². The Morgan fingerprint density at radius 1 is 1.33 bits per heavy atom. The molecule has 1 heterocycles. The van der Waals surface area contributed by atoms with Gasteiger partial charge in [0.2, 0.25) is 0 Å². The van der Waals surface area contributed by atoms with E-state index >= 15 is 0 Å². The summed E-state index contributed by atoms with van der Waals surface area (Å²) >= 11 is 0. The van der Waals surface area contributed by atoms with Gasteiger partial charge in [-0.2, -0.15) is 5.26 Å². The van der Waals surface area contributed by atoms with Gasteiger partial charge in [0, 0.05) is 13.2 Å². The summed E-state index contributed by atoms with van der Waals surface area (Å²) < 4.78 is 5.76. The number of nitriles is 1. The number of rotatable bonds is 6. The average molecular weight is 246 g/mol. The second-order valence-corrected chi connectivity index (χ2v) is 4.46. The van der Waals surface area contributed by atoms with Crippen molar-refractivity contribution in [2.24, 2.45) is 0 Å². The Hall–Kier alpha value is -1.67. The van der Waals surface area contributed by atoms with Crippen LogP contribution in [0, 0.1) is 11.3 Å². The predicted octanol–water partition coefficient (Wildman–Crippen LogP) is 2.11. The van der Waals surface area contributed by atoms with E-state index < -0.39 is 0 Å². The molecule has 1 fully saturated rings. The van der Waals surface area contributed by atoms with Crippen molar-refractivity contribution in [1.82, 2.24) is 9.97 Å². The van der Waals surface area contributed by atoms with Crippen molar-refractivity contribution in [3.8, 4) is 6.07 Å². The van der Waals surface area contributed by atoms with Crippen LogP contribution in [0.1, 0.15) is 37.8 Å². The van der Waals surface area contributed by atoms with Gasteiger partial charge in [0.15, 0.2) is 5.69 Å². The van der Waals surface area contributed by atoms with Gasteiger partial charge in [-0.15, -0.1) is 0 Å². The maximum Gasteiger partial charge on any atom is 0.158 e. The Labute approximate surface area is 107 Å². The number of nitrogens with one attached hydrogen (secondary N) is 1. The first kappa shape index (κ1) is 12.8. The average Bonchev–Trinajstić information content (AvgIpc) is 2.92. The third-order valence-electron chi connectivity index (χ3n) is 3.05. The highest BCUT2D eigenvalue weighted by Crippen LogP contribution is 2.20. The molecular formula is C13H18N4O. The second-order valence-electron chi connectivity index (χ2n) is 4.46. The summed E-state index contributed by atoms with van der Waals surface area (Å²) in [5, 5.41) is 11.7. The Morgan fingerprint density at radius 3 is 2.83 bits per heavy atom. The number of hydrogen-bond donors (Lipinski definition) is 1. The molecule has 0 saturated heterocycles. The fourth-order valence-corrected chi connectivity index (χ4v) is 2.07. The first-order chi connectivity index (χ1) is 8.88. The zero-order valence-electron chi connectivity index (χ0n) is 10.4. The van der Waals surface area contributed by atoms with Gasteiger partial charge < -0.3 is 10.1 Å². The summed E-state index contributed by atoms with van der Waals surface area (Å²) in [7, 11) is 0. The van der Waals surface area contributed by atoms with Crippen LogP contribution < -0.4 is 5.32 Å². The molecule has 1 aromatic rings. The van der Waals surface area contributed by atoms with Crippen molar-refractivity contribution >= 4 is 5.82 Å². The molecule has 1 aliphatic rings. The monoisotopic (exact) mass is 246 g/mol. The maximum absolute atomic E-state index is 8.59. The molecule has 0 atom stereocenters. The molecule has 5 heteroatoms. The molecule has 96 valence electrons. The lowest BCUT2D eigenvalue weighted by Crippen LogP contribution is -2.12. The van der Waals surface area contributed by atoms with E-state index in [1.165, 1.54) is 31.9 Å². The van der Waals surface area contributed by atoms with Gasteiger partial charge in [0.1, 0.15) is 11.9 Å². The van der Waals surface area contributed by atoms with Gasteiger partial charge in [-0.25, -0.2) is 9.97 Å². The van der Waals surface area contributed by atoms with E-state index in [2.05, 4.69) is 15.3 Å². The van der Waals surface area contributed by atoms with Gasteiger partial charge in [-0.1, -0.05) is 12.8 Å². The standard InChI is InChI=1S/C13H18N4O/c14-8-11-9-17-13(10-16-11)15-6-3-7-18-12-4-1-2-5-12/h9-10,12H,1-7H2,(H,15,17). The van der Waals surface area contributed by atoms with Gasteiger partial charge >= 0.3 is 0 Å². The van der Waals surface area contributed by atoms with E-state index in [-0.39, 0.29) is 0 Å². The van der Waals surface area contributed by atoms with Crippen LogP contribution in [0.15, 0.2) is 12.4 Å². The van der Waals surface area contributed by atoms with Crippen LogP contribution in [0.25, 0.3) is 0 Å². The summed E-state index contributed by atoms with van der Waals surface area (Å²) in [6.07, 6.45) is 9.54. The van der Waals surface area contributed by atoms with Crippen LogP contribution in [0.4, 0.5) is 5.82 Å². The third-order valence-corrected chi connectivity index (χ3v) is 3.05. The first-order valence-corrected chi connectivity index (χ1v) is 6.46. The summed E-state index contributed by atoms with van der Waals surface area (Å²) in [6, 6.07) is 1.94. The predicted molar refractivity (Wildman–Crippen MR) is 68.1 cm³/mol. The molecule has 0 amide bonds. The quantitative estimate of drug-likeness (QED) is 0.778. The summed E-state index contributed by atoms with van der Waals surface area (Å²) in [5.74, 6) is 0.704. The van der Waals surface area contributed by atoms with Crippen LogP contribution in [-0.4, -0.2) is 29.2 Å². The molecule has 0 aliphatic heterocycles. The molecule has 1 aliphatic carbocycles. The normalized spacial score (nSPS) is 15.5. The van der Waals surface area contributed by atoms with Gasteiger partial charge in [-0.3, -0.25) is 0 Å². The van der Waals surface area contributed by atoms with Crippen molar-refractivity contribution in [2.45, 2.75) is 38.2 Å². The third kappa shape index (κ3) is 3.97. The van der Waals surface area contributed by atoms with Crippen LogP contribution in [0.5, 0.6) is 0 Å². The van der Waals surface area contributed by atoms with Crippen LogP contribution in [0.2, 0.25) is 0 Å². The number of hydrogen-bond acceptors (Lipinski definition) is 5. The van der Waals surface area contributed by atoms with E-state index in [4.69, 9.17) is 10.00 Å². The van der Waals surface area contributed by atoms with Crippen molar-refractivity contribution in [3.63, 3.8) is 0 Å². The minimum Gasteiger partial charge on any atom is -0.378 e. The molecule has 1 aromatic heterocycles. The highest BCUT2D eigenvalue weighted by Gasteiger charge is 2.14. The Balaban J connectivity index is 1.58. The minimum atomic E-state index is 0.338. The van der Waals surface area contributed by atoms with E-state index in [0.717, 1.165) is 19.6 Å². The molecule has 2 rings (SSSR count). The second kappa shape index (κ2) is 6.92. The lowest BCUT2D eigenvalue weighted by Gasteiger charge is -2.11. The Bertz CT molecular complexity index is 392. The lowest BCUT2D eigenvalue weighted by molar-refractivity contribution is 0.0583. The smallest absolute Gasteiger partial charge is 0.158 e. The fraction of sp³-hybridized carbons (Fsp3) is 0.615. The molecule has 0 bridgehead atoms. The molecule has 5 nitrogen and oxygen atoms in total. The number of ether oxygens (including phenoxy) is 1. The molecule has 1 N–H and O–H groups in total. The number of anilines is 1. The topological polar surface area (TPSA) is 70.8 Å². The minimum absolute atomic E-state index is 0.338. The Kier molecular flexibility index (Phi) is 4.91. The van der Waals surface area contributed by atoms with Gasteiger partial charge in [-0.05, 0) is 19.3 Å². The number of aromatic nitrogens is 2. The summed E-state index contributed by atoms with van der Waals surface area (Å²) in [5.41, 5.74) is 0.338. The molecule has 0 unspecified atom stereocenters. The molecule has 0 spiro atoms. The molecular weight excluding hydrogens is 228 g/mol. The van der Waals surface area contributed by atoms with Crippen LogP contribution in [-0.2, 0) is 4.74 Å². The van der Waals surface area contributed by atoms with Crippen LogP contribution in [0.3, 0.4) is 0 Å². The molecule has 0 aromatic carbocycles. The Morgan fingerprint density at radius 2 is 2.17 bits per heavy atom. The highest BCUT2D eigenvalue weighted by atomic mass is 16.5. The fourth-order valence-electron chi connectivity index (χ4n) is 2.07. The zero-order chi connectivity index (χ0) is 12.6. The largest absolute Gasteiger partial charge is 0.378 e. The van der Waals surface area contributed by atoms with Crippen LogP contribution >= 0.6 is 0 Å². The summed E-state index contributed by atoms with van der Waals surface area (Å²) in [4.78, 5) is 8.03. The van der Waals surface area contributed by atoms with E-state index in [9.17, 15) is 0 Å². The van der Waals surface area contributed by atoms with Crippen molar-refractivity contribution in [1.29, 1.82) is 5.26 Å². The first-order valence-electron chi connectivity index (χ1n) is 6.46. The van der Waals surface area contributed by atoms with E-state index in [1.54, 1.807) is 6.20 Å². The molecule has 0 radical (unpaired) electrons. The lowest BCUT2D eigenvalue weighted by atomic mass is 10.3. The summed E-state index contributed by atoms with van der Waals surface area (Å²) in [6.45, 7) is 1.61. The number of nitrogens with zero attached hydrogens (tertiary/aromatic N) is 3. The van der Waals surface area contributed by atoms with E-state index in [0.29, 0.717) is 17.6 Å². The maximum atomic E-state index is 8.59. The van der Waals surface area contributed by atoms with Gasteiger partial charge in [0.05, 0.1) is 18.5 Å². The van der Waals surface area contributed by atoms with Crippen molar-refractivity contribution < 1.29 is 4.74 Å². The van der Waals surface area contributed by atoms with Gasteiger partial charge in [0.25, 0.3) is 0 Å². The zero-order valence-corrected chi connectivity index (χ0v) is 10.4. The molecule has 18 heavy (non-hydrogen) atoms. The SMILES string of the molecule is N#Cc1cnc(NCCCOC2CCCC2)cn1. The van der Waals surface area contributed by atoms with Crippen molar-refractivity contribution in [2.75, 3.05) is 18.5 Å². The highest BCUT2D eigenvalue weighted by molar-refractivity contribution is 5.32.